The molecule has 0 spiro atoms. The molecule has 0 aliphatic heterocycles. The van der Waals surface area contributed by atoms with Gasteiger partial charge >= 0.3 is 0 Å². The zero-order chi connectivity index (χ0) is 20.1. The minimum Gasteiger partial charge on any atom is -0.382 e. The number of hydrogen-bond donors (Lipinski definition) is 3. The van der Waals surface area contributed by atoms with E-state index in [1.165, 1.54) is 25.7 Å². The number of nitrogens with zero attached hydrogens (tertiary/aromatic N) is 1. The minimum atomic E-state index is -0.0759. The van der Waals surface area contributed by atoms with Gasteiger partial charge in [-0.25, -0.2) is 4.99 Å². The smallest absolute Gasteiger partial charge is 0.242 e. The van der Waals surface area contributed by atoms with Crippen molar-refractivity contribution < 1.29 is 9.53 Å². The number of rotatable bonds is 11. The van der Waals surface area contributed by atoms with Gasteiger partial charge in [0.2, 0.25) is 5.91 Å². The second-order valence-electron chi connectivity index (χ2n) is 7.47. The van der Waals surface area contributed by atoms with E-state index >= 15 is 0 Å². The summed E-state index contributed by atoms with van der Waals surface area (Å²) in [4.78, 5) is 16.6. The van der Waals surface area contributed by atoms with E-state index < -0.39 is 0 Å². The fraction of sp³-hybridized carbons (Fsp3) is 0.636. The number of benzene rings is 1. The molecule has 1 amide bonds. The number of ether oxygens (including phenoxy) is 1. The van der Waals surface area contributed by atoms with Crippen LogP contribution in [0.5, 0.6) is 0 Å². The van der Waals surface area contributed by atoms with Crippen molar-refractivity contribution in [2.24, 2.45) is 10.4 Å². The molecule has 0 bridgehead atoms. The van der Waals surface area contributed by atoms with Crippen LogP contribution < -0.4 is 16.0 Å². The van der Waals surface area contributed by atoms with Crippen LogP contribution in [0.3, 0.4) is 0 Å². The fourth-order valence-electron chi connectivity index (χ4n) is 3.69. The molecule has 1 aliphatic carbocycles. The second-order valence-corrected chi connectivity index (χ2v) is 7.47. The van der Waals surface area contributed by atoms with Gasteiger partial charge in [0.05, 0.1) is 0 Å². The van der Waals surface area contributed by atoms with Crippen LogP contribution in [-0.2, 0) is 16.1 Å². The molecule has 0 aromatic heterocycles. The molecule has 164 valence electrons. The van der Waals surface area contributed by atoms with Crippen LogP contribution in [0.15, 0.2) is 35.3 Å². The Morgan fingerprint density at radius 3 is 2.48 bits per heavy atom. The third-order valence-corrected chi connectivity index (χ3v) is 5.33. The van der Waals surface area contributed by atoms with Gasteiger partial charge in [0.15, 0.2) is 5.96 Å². The number of carbonyl (C=O) groups excluding carboxylic acids is 1. The van der Waals surface area contributed by atoms with Crippen molar-refractivity contribution in [2.75, 3.05) is 32.8 Å². The highest BCUT2D eigenvalue weighted by atomic mass is 127. The highest BCUT2D eigenvalue weighted by molar-refractivity contribution is 14.0. The van der Waals surface area contributed by atoms with Crippen LogP contribution in [0.1, 0.15) is 51.5 Å². The van der Waals surface area contributed by atoms with Gasteiger partial charge in [0.1, 0.15) is 6.54 Å². The Morgan fingerprint density at radius 2 is 1.83 bits per heavy atom. The molecular weight excluding hydrogens is 479 g/mol. The van der Waals surface area contributed by atoms with Crippen LogP contribution in [0, 0.1) is 5.41 Å². The molecule has 29 heavy (non-hydrogen) atoms. The zero-order valence-corrected chi connectivity index (χ0v) is 20.2. The second kappa shape index (κ2) is 14.6. The fourth-order valence-corrected chi connectivity index (χ4v) is 3.69. The highest BCUT2D eigenvalue weighted by Gasteiger charge is 2.33. The summed E-state index contributed by atoms with van der Waals surface area (Å²) in [6.07, 6.45) is 6.09. The van der Waals surface area contributed by atoms with Crippen molar-refractivity contribution in [1.82, 2.24) is 16.0 Å². The Kier molecular flexibility index (Phi) is 12.9. The lowest BCUT2D eigenvalue weighted by atomic mass is 9.83. The average molecular weight is 516 g/mol. The van der Waals surface area contributed by atoms with Gasteiger partial charge in [-0.15, -0.1) is 24.0 Å². The van der Waals surface area contributed by atoms with E-state index in [2.05, 4.69) is 20.9 Å². The SMILES string of the molecule is CCNC(=NCC(=O)NCc1ccccc1)NCC1(CCOCC)CCCC1.I. The molecule has 0 unspecified atom stereocenters. The van der Waals surface area contributed by atoms with Gasteiger partial charge in [-0.3, -0.25) is 4.79 Å². The molecule has 0 heterocycles. The number of hydrogen-bond acceptors (Lipinski definition) is 3. The maximum absolute atomic E-state index is 12.1. The molecular formula is C22H37IN4O2. The van der Waals surface area contributed by atoms with Crippen molar-refractivity contribution in [3.8, 4) is 0 Å². The first kappa shape index (κ1) is 25.7. The van der Waals surface area contributed by atoms with Crippen molar-refractivity contribution in [1.29, 1.82) is 0 Å². The molecule has 0 saturated heterocycles. The number of nitrogens with one attached hydrogen (secondary N) is 3. The molecule has 7 heteroatoms. The van der Waals surface area contributed by atoms with Gasteiger partial charge in [-0.05, 0) is 44.1 Å². The summed E-state index contributed by atoms with van der Waals surface area (Å²) >= 11 is 0. The van der Waals surface area contributed by atoms with Gasteiger partial charge in [-0.1, -0.05) is 43.2 Å². The van der Waals surface area contributed by atoms with Gasteiger partial charge < -0.3 is 20.7 Å². The predicted molar refractivity (Wildman–Crippen MR) is 130 cm³/mol. The van der Waals surface area contributed by atoms with Crippen molar-refractivity contribution in [2.45, 2.75) is 52.5 Å². The summed E-state index contributed by atoms with van der Waals surface area (Å²) in [6.45, 7) is 7.94. The summed E-state index contributed by atoms with van der Waals surface area (Å²) in [5, 5.41) is 9.63. The lowest BCUT2D eigenvalue weighted by Gasteiger charge is -2.30. The Bertz CT molecular complexity index is 604. The zero-order valence-electron chi connectivity index (χ0n) is 17.8. The van der Waals surface area contributed by atoms with Gasteiger partial charge in [0, 0.05) is 32.8 Å². The number of carbonyl (C=O) groups is 1. The number of aliphatic imine (C=N–C) groups is 1. The number of halogens is 1. The van der Waals surface area contributed by atoms with E-state index in [1.807, 2.05) is 44.2 Å². The molecule has 1 aromatic carbocycles. The van der Waals surface area contributed by atoms with Crippen LogP contribution in [0.4, 0.5) is 0 Å². The lowest BCUT2D eigenvalue weighted by Crippen LogP contribution is -2.44. The number of guanidine groups is 1. The summed E-state index contributed by atoms with van der Waals surface area (Å²) in [7, 11) is 0. The molecule has 0 atom stereocenters. The molecule has 0 radical (unpaired) electrons. The quantitative estimate of drug-likeness (QED) is 0.182. The predicted octanol–water partition coefficient (Wildman–Crippen LogP) is 3.46. The van der Waals surface area contributed by atoms with Crippen LogP contribution in [0.25, 0.3) is 0 Å². The summed E-state index contributed by atoms with van der Waals surface area (Å²) in [5.74, 6) is 0.632. The van der Waals surface area contributed by atoms with E-state index in [9.17, 15) is 4.79 Å². The van der Waals surface area contributed by atoms with E-state index in [1.54, 1.807) is 0 Å². The molecule has 2 rings (SSSR count). The summed E-state index contributed by atoms with van der Waals surface area (Å²) in [6, 6.07) is 9.90. The summed E-state index contributed by atoms with van der Waals surface area (Å²) in [5.41, 5.74) is 1.36. The first-order valence-electron chi connectivity index (χ1n) is 10.6. The first-order valence-corrected chi connectivity index (χ1v) is 10.6. The topological polar surface area (TPSA) is 74.8 Å². The molecule has 3 N–H and O–H groups in total. The monoisotopic (exact) mass is 516 g/mol. The average Bonchev–Trinajstić information content (AvgIpc) is 3.18. The van der Waals surface area contributed by atoms with Crippen LogP contribution in [0.2, 0.25) is 0 Å². The molecule has 1 aliphatic rings. The maximum Gasteiger partial charge on any atom is 0.242 e. The third-order valence-electron chi connectivity index (χ3n) is 5.33. The Hall–Kier alpha value is -1.35. The van der Waals surface area contributed by atoms with Gasteiger partial charge in [0.25, 0.3) is 0 Å². The lowest BCUT2D eigenvalue weighted by molar-refractivity contribution is -0.119. The molecule has 1 fully saturated rings. The molecule has 1 saturated carbocycles. The number of amides is 1. The van der Waals surface area contributed by atoms with E-state index in [-0.39, 0.29) is 41.8 Å². The van der Waals surface area contributed by atoms with Crippen molar-refractivity contribution in [3.63, 3.8) is 0 Å². The Labute approximate surface area is 192 Å². The van der Waals surface area contributed by atoms with Crippen LogP contribution in [-0.4, -0.2) is 44.7 Å². The van der Waals surface area contributed by atoms with E-state index in [4.69, 9.17) is 4.74 Å². The largest absolute Gasteiger partial charge is 0.382 e. The van der Waals surface area contributed by atoms with Gasteiger partial charge in [-0.2, -0.15) is 0 Å². The van der Waals surface area contributed by atoms with Crippen molar-refractivity contribution in [3.05, 3.63) is 35.9 Å². The molecule has 1 aromatic rings. The van der Waals surface area contributed by atoms with Crippen molar-refractivity contribution >= 4 is 35.8 Å². The van der Waals surface area contributed by atoms with E-state index in [0.29, 0.717) is 12.5 Å². The third kappa shape index (κ3) is 9.80. The summed E-state index contributed by atoms with van der Waals surface area (Å²) < 4.78 is 5.59. The highest BCUT2D eigenvalue weighted by Crippen LogP contribution is 2.40. The Morgan fingerprint density at radius 1 is 1.10 bits per heavy atom. The minimum absolute atomic E-state index is 0. The standard InChI is InChI=1S/C22H36N4O2.HI/c1-3-23-21(25-17-20(27)24-16-19-10-6-5-7-11-19)26-18-22(12-8-9-13-22)14-15-28-4-2;/h5-7,10-11H,3-4,8-9,12-18H2,1-2H3,(H,24,27)(H2,23,25,26);1H. The maximum atomic E-state index is 12.1. The first-order chi connectivity index (χ1) is 13.7. The van der Waals surface area contributed by atoms with E-state index in [0.717, 1.165) is 38.3 Å². The normalized spacial score (nSPS) is 15.4. The Balaban J connectivity index is 0.00000420. The molecule has 6 nitrogen and oxygen atoms in total. The van der Waals surface area contributed by atoms with Crippen LogP contribution >= 0.6 is 24.0 Å².